The fourth-order valence-corrected chi connectivity index (χ4v) is 4.45. The molecule has 3 rings (SSSR count). The second kappa shape index (κ2) is 11.0. The van der Waals surface area contributed by atoms with Gasteiger partial charge in [0.2, 0.25) is 0 Å². The van der Waals surface area contributed by atoms with Crippen molar-refractivity contribution in [2.75, 3.05) is 13.2 Å². The molecule has 2 saturated heterocycles. The summed E-state index contributed by atoms with van der Waals surface area (Å²) in [5.41, 5.74) is 29.6. The fourth-order valence-electron chi connectivity index (χ4n) is 4.45. The average Bonchev–Trinajstić information content (AvgIpc) is 2.79. The van der Waals surface area contributed by atoms with Crippen molar-refractivity contribution in [3.63, 3.8) is 0 Å². The highest BCUT2D eigenvalue weighted by Gasteiger charge is 2.51. The Kier molecular flexibility index (Phi) is 8.99. The summed E-state index contributed by atoms with van der Waals surface area (Å²) in [4.78, 5) is 0. The molecule has 0 radical (unpaired) electrons. The van der Waals surface area contributed by atoms with E-state index in [9.17, 15) is 30.6 Å². The molecule has 33 heavy (non-hydrogen) atoms. The molecule has 1 saturated carbocycles. The predicted molar refractivity (Wildman–Crippen MR) is 110 cm³/mol. The monoisotopic (exact) mass is 483 g/mol. The lowest BCUT2D eigenvalue weighted by Gasteiger charge is -2.48. The lowest BCUT2D eigenvalue weighted by atomic mass is 9.84. The third-order valence-corrected chi connectivity index (χ3v) is 6.56. The smallest absolute Gasteiger partial charge is 0.186 e. The van der Waals surface area contributed by atoms with Gasteiger partial charge in [0.15, 0.2) is 12.6 Å². The molecule has 0 spiro atoms. The minimum atomic E-state index is -1.48. The number of ether oxygens (including phenoxy) is 4. The number of aliphatic hydroxyl groups is 6. The summed E-state index contributed by atoms with van der Waals surface area (Å²) in [5.74, 6) is 0. The highest BCUT2D eigenvalue weighted by Crippen LogP contribution is 2.30. The van der Waals surface area contributed by atoms with Crippen molar-refractivity contribution in [3.8, 4) is 0 Å². The van der Waals surface area contributed by atoms with Gasteiger partial charge in [0.1, 0.15) is 54.9 Å². The van der Waals surface area contributed by atoms with Crippen LogP contribution in [0.2, 0.25) is 0 Å². The molecule has 0 aromatic carbocycles. The maximum atomic E-state index is 11.0. The molecule has 0 unspecified atom stereocenters. The van der Waals surface area contributed by atoms with Crippen LogP contribution in [0, 0.1) is 0 Å². The maximum absolute atomic E-state index is 11.0. The molecule has 0 bridgehead atoms. The Bertz CT molecular complexity index is 585. The van der Waals surface area contributed by atoms with Gasteiger partial charge in [-0.15, -0.1) is 0 Å². The van der Waals surface area contributed by atoms with Gasteiger partial charge in [-0.2, -0.15) is 0 Å². The van der Waals surface area contributed by atoms with Crippen LogP contribution in [0.1, 0.15) is 6.42 Å². The quantitative estimate of drug-likeness (QED) is 0.167. The van der Waals surface area contributed by atoms with Gasteiger partial charge in [-0.1, -0.05) is 0 Å². The van der Waals surface area contributed by atoms with Gasteiger partial charge in [-0.05, 0) is 6.42 Å². The minimum absolute atomic E-state index is 0.115. The van der Waals surface area contributed by atoms with Crippen molar-refractivity contribution in [1.82, 2.24) is 0 Å². The Hall–Kier alpha value is -0.600. The Balaban J connectivity index is 1.72. The zero-order valence-corrected chi connectivity index (χ0v) is 18.0. The van der Waals surface area contributed by atoms with E-state index in [1.54, 1.807) is 0 Å². The third-order valence-electron chi connectivity index (χ3n) is 6.56. The molecule has 1 aliphatic carbocycles. The molecule has 15 nitrogen and oxygen atoms in total. The standard InChI is InChI=1S/C18H37N5O10/c19-2-6-11(26)12(27)9(23)17(30-6)32-15-4(20)1-5(21)16(14(15)29)33-18-13(28)8(22)10(25)7(3-24)31-18/h4-18,24-29H,1-3,19-23H2/t4-,5+,6+,7+,8-,9-,10+,11-,12+,13+,14-,15+,16-,17+,18+/m0/s1. The molecule has 16 N–H and O–H groups in total. The summed E-state index contributed by atoms with van der Waals surface area (Å²) in [6.07, 6.45) is -13.9. The van der Waals surface area contributed by atoms with Gasteiger partial charge in [0.05, 0.1) is 18.7 Å². The first kappa shape index (κ1) is 27.0. The Labute approximate surface area is 190 Å². The first-order chi connectivity index (χ1) is 15.5. The van der Waals surface area contributed by atoms with Crippen LogP contribution in [0.5, 0.6) is 0 Å². The van der Waals surface area contributed by atoms with Crippen LogP contribution in [-0.2, 0) is 18.9 Å². The molecule has 3 aliphatic rings. The van der Waals surface area contributed by atoms with Gasteiger partial charge >= 0.3 is 0 Å². The number of rotatable bonds is 6. The lowest BCUT2D eigenvalue weighted by molar-refractivity contribution is -0.318. The Morgan fingerprint density at radius 2 is 1.21 bits per heavy atom. The highest BCUT2D eigenvalue weighted by atomic mass is 16.7. The van der Waals surface area contributed by atoms with Crippen LogP contribution in [-0.4, -0.2) is 135 Å². The lowest BCUT2D eigenvalue weighted by Crippen LogP contribution is -2.69. The highest BCUT2D eigenvalue weighted by molar-refractivity contribution is 5.01. The molecule has 2 aliphatic heterocycles. The third kappa shape index (κ3) is 5.32. The van der Waals surface area contributed by atoms with Crippen LogP contribution in [0.4, 0.5) is 0 Å². The number of aliphatic hydroxyl groups excluding tert-OH is 6. The normalized spacial score (nSPS) is 53.7. The van der Waals surface area contributed by atoms with Gasteiger partial charge in [0.25, 0.3) is 0 Å². The number of nitrogens with two attached hydrogens (primary N) is 5. The first-order valence-electron chi connectivity index (χ1n) is 10.9. The zero-order chi connectivity index (χ0) is 24.6. The molecule has 0 aromatic rings. The van der Waals surface area contributed by atoms with E-state index in [2.05, 4.69) is 0 Å². The zero-order valence-electron chi connectivity index (χ0n) is 18.0. The van der Waals surface area contributed by atoms with E-state index in [1.165, 1.54) is 0 Å². The largest absolute Gasteiger partial charge is 0.394 e. The van der Waals surface area contributed by atoms with Gasteiger partial charge < -0.3 is 78.3 Å². The fraction of sp³-hybridized carbons (Fsp3) is 1.00. The summed E-state index contributed by atoms with van der Waals surface area (Å²) < 4.78 is 22.5. The maximum Gasteiger partial charge on any atom is 0.186 e. The molecular weight excluding hydrogens is 446 g/mol. The van der Waals surface area contributed by atoms with Crippen molar-refractivity contribution >= 4 is 0 Å². The van der Waals surface area contributed by atoms with E-state index in [-0.39, 0.29) is 13.0 Å². The summed E-state index contributed by atoms with van der Waals surface area (Å²) >= 11 is 0. The molecule has 15 heteroatoms. The van der Waals surface area contributed by atoms with Crippen LogP contribution in [0.15, 0.2) is 0 Å². The van der Waals surface area contributed by atoms with Gasteiger partial charge in [-0.3, -0.25) is 0 Å². The number of hydrogen-bond donors (Lipinski definition) is 11. The molecule has 3 fully saturated rings. The molecule has 194 valence electrons. The summed E-state index contributed by atoms with van der Waals surface area (Å²) in [6.45, 7) is -0.694. The van der Waals surface area contributed by atoms with E-state index < -0.39 is 98.3 Å². The van der Waals surface area contributed by atoms with E-state index in [1.807, 2.05) is 0 Å². The van der Waals surface area contributed by atoms with Gasteiger partial charge in [0, 0.05) is 18.6 Å². The molecule has 15 atom stereocenters. The Morgan fingerprint density at radius 1 is 0.667 bits per heavy atom. The van der Waals surface area contributed by atoms with Crippen LogP contribution < -0.4 is 28.7 Å². The topological polar surface area (TPSA) is 288 Å². The van der Waals surface area contributed by atoms with Gasteiger partial charge in [-0.25, -0.2) is 0 Å². The minimum Gasteiger partial charge on any atom is -0.394 e. The van der Waals surface area contributed by atoms with E-state index in [0.29, 0.717) is 0 Å². The average molecular weight is 484 g/mol. The predicted octanol–water partition coefficient (Wildman–Crippen LogP) is -7.33. The summed E-state index contributed by atoms with van der Waals surface area (Å²) in [6, 6.07) is -3.92. The summed E-state index contributed by atoms with van der Waals surface area (Å²) in [5, 5.41) is 60.9. The van der Waals surface area contributed by atoms with E-state index in [4.69, 9.17) is 47.6 Å². The summed E-state index contributed by atoms with van der Waals surface area (Å²) in [7, 11) is 0. The van der Waals surface area contributed by atoms with Crippen molar-refractivity contribution in [3.05, 3.63) is 0 Å². The second-order valence-corrected chi connectivity index (χ2v) is 8.88. The molecule has 0 amide bonds. The first-order valence-corrected chi connectivity index (χ1v) is 10.9. The Morgan fingerprint density at radius 3 is 1.76 bits per heavy atom. The van der Waals surface area contributed by atoms with E-state index >= 15 is 0 Å². The SMILES string of the molecule is NC[C@H]1O[C@H](O[C@H]2[C@H](O)[C@@H](O[C@H]3O[C@H](CO)[C@@H](O)[C@H](N)[C@H]3O)[C@H](N)C[C@@H]2N)[C@@H](N)[C@@H](O)[C@H]1O. The van der Waals surface area contributed by atoms with Crippen molar-refractivity contribution < 1.29 is 49.6 Å². The number of hydrogen-bond acceptors (Lipinski definition) is 15. The molecule has 0 aromatic heterocycles. The second-order valence-electron chi connectivity index (χ2n) is 8.88. The van der Waals surface area contributed by atoms with Crippen molar-refractivity contribution in [1.29, 1.82) is 0 Å². The van der Waals surface area contributed by atoms with Crippen molar-refractivity contribution in [2.24, 2.45) is 28.7 Å². The van der Waals surface area contributed by atoms with Crippen LogP contribution in [0.25, 0.3) is 0 Å². The van der Waals surface area contributed by atoms with Crippen molar-refractivity contribution in [2.45, 2.75) is 98.1 Å². The van der Waals surface area contributed by atoms with Crippen LogP contribution in [0.3, 0.4) is 0 Å². The van der Waals surface area contributed by atoms with Crippen LogP contribution >= 0.6 is 0 Å². The molecule has 2 heterocycles. The molecular formula is C18H37N5O10. The van der Waals surface area contributed by atoms with E-state index in [0.717, 1.165) is 0 Å².